The van der Waals surface area contributed by atoms with E-state index in [0.717, 1.165) is 36.8 Å². The molecule has 2 aromatic carbocycles. The number of nitrogens with zero attached hydrogens (tertiary/aromatic N) is 6. The maximum atomic E-state index is 14.6. The van der Waals surface area contributed by atoms with E-state index in [2.05, 4.69) is 16.9 Å². The average Bonchev–Trinajstić information content (AvgIpc) is 3.20. The zero-order chi connectivity index (χ0) is 24.0. The van der Waals surface area contributed by atoms with Crippen molar-refractivity contribution in [2.24, 2.45) is 20.0 Å². The molecule has 5 rings (SSSR count). The molecular formula is C26H25FN6O. The van der Waals surface area contributed by atoms with E-state index in [9.17, 15) is 9.18 Å². The van der Waals surface area contributed by atoms with Gasteiger partial charge in [-0.2, -0.15) is 10.4 Å². The maximum absolute atomic E-state index is 14.6. The molecule has 1 aliphatic rings. The summed E-state index contributed by atoms with van der Waals surface area (Å²) in [5.74, 6) is 0.568. The largest absolute Gasteiger partial charge is 0.342 e. The van der Waals surface area contributed by atoms with E-state index < -0.39 is 5.82 Å². The molecule has 7 nitrogen and oxygen atoms in total. The van der Waals surface area contributed by atoms with Crippen molar-refractivity contribution < 1.29 is 4.39 Å². The first-order valence-electron chi connectivity index (χ1n) is 11.4. The molecule has 1 aliphatic heterocycles. The summed E-state index contributed by atoms with van der Waals surface area (Å²) in [5, 5.41) is 14.5. The van der Waals surface area contributed by atoms with Gasteiger partial charge in [0.25, 0.3) is 5.56 Å². The third-order valence-corrected chi connectivity index (χ3v) is 6.60. The van der Waals surface area contributed by atoms with Gasteiger partial charge in [-0.25, -0.2) is 9.37 Å². The Kier molecular flexibility index (Phi) is 5.40. The molecule has 2 aromatic heterocycles. The molecule has 0 bridgehead atoms. The van der Waals surface area contributed by atoms with Crippen LogP contribution in [0.3, 0.4) is 0 Å². The van der Waals surface area contributed by atoms with Crippen LogP contribution >= 0.6 is 0 Å². The molecule has 0 aliphatic carbocycles. The van der Waals surface area contributed by atoms with E-state index >= 15 is 0 Å². The Hall–Kier alpha value is -3.99. The molecule has 3 heterocycles. The summed E-state index contributed by atoms with van der Waals surface area (Å²) in [6.45, 7) is 3.85. The van der Waals surface area contributed by atoms with Crippen molar-refractivity contribution in [3.8, 4) is 28.5 Å². The number of piperidine rings is 1. The second-order valence-electron chi connectivity index (χ2n) is 9.05. The number of benzene rings is 2. The van der Waals surface area contributed by atoms with E-state index in [4.69, 9.17) is 10.2 Å². The lowest BCUT2D eigenvalue weighted by Gasteiger charge is -2.32. The van der Waals surface area contributed by atoms with Crippen molar-refractivity contribution in [2.75, 3.05) is 18.0 Å². The van der Waals surface area contributed by atoms with Crippen LogP contribution in [-0.4, -0.2) is 32.4 Å². The fourth-order valence-corrected chi connectivity index (χ4v) is 4.61. The van der Waals surface area contributed by atoms with Crippen molar-refractivity contribution in [2.45, 2.75) is 19.8 Å². The maximum Gasteiger partial charge on any atom is 0.263 e. The fourth-order valence-electron chi connectivity index (χ4n) is 4.61. The zero-order valence-corrected chi connectivity index (χ0v) is 19.4. The summed E-state index contributed by atoms with van der Waals surface area (Å²) in [7, 11) is 3.58. The average molecular weight is 457 g/mol. The Balaban J connectivity index is 1.75. The van der Waals surface area contributed by atoms with E-state index in [1.807, 2.05) is 37.5 Å². The number of anilines is 1. The highest BCUT2D eigenvalue weighted by atomic mass is 19.1. The Labute approximate surface area is 196 Å². The minimum Gasteiger partial charge on any atom is -0.342 e. The van der Waals surface area contributed by atoms with Gasteiger partial charge in [-0.05, 0) is 48.6 Å². The molecule has 1 saturated heterocycles. The van der Waals surface area contributed by atoms with E-state index in [1.54, 1.807) is 22.4 Å². The van der Waals surface area contributed by atoms with Gasteiger partial charge in [-0.1, -0.05) is 19.1 Å². The van der Waals surface area contributed by atoms with Gasteiger partial charge in [0.15, 0.2) is 0 Å². The molecule has 34 heavy (non-hydrogen) atoms. The molecule has 1 fully saturated rings. The number of rotatable bonds is 3. The minimum atomic E-state index is -0.635. The van der Waals surface area contributed by atoms with Gasteiger partial charge in [0.05, 0.1) is 22.3 Å². The Morgan fingerprint density at radius 1 is 1.09 bits per heavy atom. The Morgan fingerprint density at radius 3 is 2.53 bits per heavy atom. The topological polar surface area (TPSA) is 79.7 Å². The van der Waals surface area contributed by atoms with Crippen LogP contribution in [0.1, 0.15) is 25.3 Å². The van der Waals surface area contributed by atoms with Gasteiger partial charge >= 0.3 is 0 Å². The highest BCUT2D eigenvalue weighted by Crippen LogP contribution is 2.33. The van der Waals surface area contributed by atoms with Gasteiger partial charge in [-0.3, -0.25) is 14.0 Å². The number of hydrogen-bond donors (Lipinski definition) is 0. The number of nitriles is 1. The highest BCUT2D eigenvalue weighted by molar-refractivity contribution is 5.88. The molecule has 0 amide bonds. The molecule has 0 N–H and O–H groups in total. The first kappa shape index (κ1) is 21.8. The third-order valence-electron chi connectivity index (χ3n) is 6.60. The number of aryl methyl sites for hydroxylation is 1. The van der Waals surface area contributed by atoms with Crippen LogP contribution in [0.2, 0.25) is 0 Å². The first-order valence-corrected chi connectivity index (χ1v) is 11.4. The van der Waals surface area contributed by atoms with E-state index in [-0.39, 0.29) is 11.1 Å². The molecule has 8 heteroatoms. The van der Waals surface area contributed by atoms with Gasteiger partial charge in [0.2, 0.25) is 5.95 Å². The molecule has 0 spiro atoms. The number of halogens is 1. The number of aromatic nitrogens is 4. The van der Waals surface area contributed by atoms with E-state index in [0.29, 0.717) is 34.3 Å². The monoisotopic (exact) mass is 456 g/mol. The minimum absolute atomic E-state index is 0.0452. The van der Waals surface area contributed by atoms with Crippen LogP contribution in [0.4, 0.5) is 10.3 Å². The van der Waals surface area contributed by atoms with Crippen LogP contribution in [0.15, 0.2) is 47.4 Å². The fraction of sp³-hybridized carbons (Fsp3) is 0.308. The molecule has 172 valence electrons. The summed E-state index contributed by atoms with van der Waals surface area (Å²) < 4.78 is 17.9. The van der Waals surface area contributed by atoms with Crippen molar-refractivity contribution in [1.82, 2.24) is 19.3 Å². The zero-order valence-electron chi connectivity index (χ0n) is 19.4. The molecular weight excluding hydrogens is 431 g/mol. The lowest BCUT2D eigenvalue weighted by atomic mass is 9.98. The summed E-state index contributed by atoms with van der Waals surface area (Å²) in [6, 6.07) is 11.8. The van der Waals surface area contributed by atoms with Gasteiger partial charge in [-0.15, -0.1) is 0 Å². The Bertz CT molecular complexity index is 1500. The standard InChI is InChI=1S/C26H25FN6O/c1-16-8-10-33(11-9-16)26-29-24(18-4-5-19(14-28)21(27)13-18)23(25(34)32(26)3)17-6-7-22-20(12-17)15-31(2)30-22/h4-7,12-13,15-16H,8-11H2,1-3H3. The molecule has 4 aromatic rings. The van der Waals surface area contributed by atoms with Crippen LogP contribution in [0.25, 0.3) is 33.3 Å². The summed E-state index contributed by atoms with van der Waals surface area (Å²) >= 11 is 0. The highest BCUT2D eigenvalue weighted by Gasteiger charge is 2.24. The van der Waals surface area contributed by atoms with Gasteiger partial charge < -0.3 is 4.90 Å². The summed E-state index contributed by atoms with van der Waals surface area (Å²) in [4.78, 5) is 20.8. The number of hydrogen-bond acceptors (Lipinski definition) is 5. The van der Waals surface area contributed by atoms with Gasteiger partial charge in [0.1, 0.15) is 11.9 Å². The van der Waals surface area contributed by atoms with Crippen LogP contribution < -0.4 is 10.5 Å². The second-order valence-corrected chi connectivity index (χ2v) is 9.05. The Morgan fingerprint density at radius 2 is 1.82 bits per heavy atom. The molecule has 0 radical (unpaired) electrons. The van der Waals surface area contributed by atoms with Crippen molar-refractivity contribution in [3.63, 3.8) is 0 Å². The smallest absolute Gasteiger partial charge is 0.263 e. The first-order chi connectivity index (χ1) is 16.4. The second kappa shape index (κ2) is 8.41. The van der Waals surface area contributed by atoms with Crippen LogP contribution in [-0.2, 0) is 14.1 Å². The van der Waals surface area contributed by atoms with Crippen molar-refractivity contribution in [3.05, 3.63) is 64.3 Å². The molecule has 0 saturated carbocycles. The van der Waals surface area contributed by atoms with E-state index in [1.165, 1.54) is 12.1 Å². The third kappa shape index (κ3) is 3.73. The van der Waals surface area contributed by atoms with Gasteiger partial charge in [0, 0.05) is 44.3 Å². The lowest BCUT2D eigenvalue weighted by Crippen LogP contribution is -2.38. The lowest BCUT2D eigenvalue weighted by molar-refractivity contribution is 0.431. The quantitative estimate of drug-likeness (QED) is 0.461. The molecule has 0 atom stereocenters. The molecule has 0 unspecified atom stereocenters. The predicted molar refractivity (Wildman–Crippen MR) is 130 cm³/mol. The number of fused-ring (bicyclic) bond motifs is 1. The van der Waals surface area contributed by atoms with Crippen molar-refractivity contribution >= 4 is 16.9 Å². The van der Waals surface area contributed by atoms with Crippen LogP contribution in [0, 0.1) is 23.1 Å². The van der Waals surface area contributed by atoms with Crippen molar-refractivity contribution in [1.29, 1.82) is 5.26 Å². The summed E-state index contributed by atoms with van der Waals surface area (Å²) in [6.07, 6.45) is 3.94. The summed E-state index contributed by atoms with van der Waals surface area (Å²) in [5.41, 5.74) is 2.52. The predicted octanol–water partition coefficient (Wildman–Crippen LogP) is 4.25. The SMILES string of the molecule is CC1CCN(c2nc(-c3ccc(C#N)c(F)c3)c(-c3ccc4nn(C)cc4c3)c(=O)n2C)CC1. The van der Waals surface area contributed by atoms with Crippen LogP contribution in [0.5, 0.6) is 0 Å². The normalized spacial score (nSPS) is 14.5.